The van der Waals surface area contributed by atoms with Gasteiger partial charge in [-0.25, -0.2) is 19.0 Å². The van der Waals surface area contributed by atoms with E-state index in [4.69, 9.17) is 11.6 Å². The Kier molecular flexibility index (Phi) is 4.25. The summed E-state index contributed by atoms with van der Waals surface area (Å²) in [6.45, 7) is 3.94. The van der Waals surface area contributed by atoms with Gasteiger partial charge in [0.05, 0.1) is 6.54 Å². The first-order chi connectivity index (χ1) is 12.1. The van der Waals surface area contributed by atoms with Gasteiger partial charge in [0.1, 0.15) is 11.6 Å². The molecule has 0 aliphatic carbocycles. The number of fused-ring (bicyclic) bond motifs is 1. The first kappa shape index (κ1) is 16.2. The van der Waals surface area contributed by atoms with Gasteiger partial charge in [-0.05, 0) is 38.3 Å². The van der Waals surface area contributed by atoms with Crippen LogP contribution in [0.3, 0.4) is 0 Å². The molecule has 1 fully saturated rings. The number of nitrogens with zero attached hydrogens (tertiary/aromatic N) is 6. The molecule has 130 valence electrons. The van der Waals surface area contributed by atoms with E-state index in [1.165, 1.54) is 12.5 Å². The highest BCUT2D eigenvalue weighted by molar-refractivity contribution is 6.31. The van der Waals surface area contributed by atoms with Gasteiger partial charge in [-0.3, -0.25) is 0 Å². The number of aryl methyl sites for hydroxylation is 1. The van der Waals surface area contributed by atoms with Gasteiger partial charge in [-0.2, -0.15) is 0 Å². The molecule has 0 N–H and O–H groups in total. The first-order valence-corrected chi connectivity index (χ1v) is 8.77. The van der Waals surface area contributed by atoms with E-state index in [1.54, 1.807) is 16.8 Å². The molecule has 3 heterocycles. The molecule has 0 spiro atoms. The molecule has 0 bridgehead atoms. The van der Waals surface area contributed by atoms with Crippen LogP contribution in [0.15, 0.2) is 18.2 Å². The van der Waals surface area contributed by atoms with Crippen molar-refractivity contribution in [1.82, 2.24) is 25.0 Å². The second kappa shape index (κ2) is 6.55. The van der Waals surface area contributed by atoms with Gasteiger partial charge in [-0.15, -0.1) is 5.10 Å². The Balaban J connectivity index is 1.77. The van der Waals surface area contributed by atoms with Crippen LogP contribution in [0, 0.1) is 12.7 Å². The third kappa shape index (κ3) is 3.04. The molecule has 1 aliphatic rings. The molecule has 8 heteroatoms. The molecule has 3 aromatic rings. The highest BCUT2D eigenvalue weighted by atomic mass is 35.5. The van der Waals surface area contributed by atoms with Crippen LogP contribution < -0.4 is 4.90 Å². The third-order valence-electron chi connectivity index (χ3n) is 4.48. The Labute approximate surface area is 149 Å². The van der Waals surface area contributed by atoms with E-state index in [0.29, 0.717) is 27.6 Å². The molecule has 0 unspecified atom stereocenters. The van der Waals surface area contributed by atoms with E-state index < -0.39 is 0 Å². The van der Waals surface area contributed by atoms with Gasteiger partial charge in [0.2, 0.25) is 0 Å². The second-order valence-electron chi connectivity index (χ2n) is 6.26. The van der Waals surface area contributed by atoms with Crippen LogP contribution in [-0.2, 0) is 6.54 Å². The summed E-state index contributed by atoms with van der Waals surface area (Å²) < 4.78 is 15.7. The number of halogens is 2. The summed E-state index contributed by atoms with van der Waals surface area (Å²) in [4.78, 5) is 11.3. The largest absolute Gasteiger partial charge is 0.355 e. The Morgan fingerprint density at radius 2 is 1.96 bits per heavy atom. The highest BCUT2D eigenvalue weighted by Gasteiger charge is 2.21. The number of anilines is 1. The van der Waals surface area contributed by atoms with Crippen molar-refractivity contribution in [1.29, 1.82) is 0 Å². The molecule has 1 aromatic carbocycles. The van der Waals surface area contributed by atoms with Crippen LogP contribution in [0.2, 0.25) is 5.02 Å². The van der Waals surface area contributed by atoms with Crippen LogP contribution in [0.4, 0.5) is 10.2 Å². The summed E-state index contributed by atoms with van der Waals surface area (Å²) >= 11 is 6.14. The number of benzene rings is 1. The number of hydrogen-bond acceptors (Lipinski definition) is 5. The highest BCUT2D eigenvalue weighted by Crippen LogP contribution is 2.26. The van der Waals surface area contributed by atoms with E-state index >= 15 is 0 Å². The first-order valence-electron chi connectivity index (χ1n) is 8.39. The Morgan fingerprint density at radius 3 is 2.72 bits per heavy atom. The van der Waals surface area contributed by atoms with Crippen LogP contribution in [0.1, 0.15) is 30.7 Å². The van der Waals surface area contributed by atoms with Gasteiger partial charge < -0.3 is 4.90 Å². The quantitative estimate of drug-likeness (QED) is 0.716. The Hall–Kier alpha value is -2.28. The maximum absolute atomic E-state index is 14.1. The van der Waals surface area contributed by atoms with E-state index in [9.17, 15) is 4.39 Å². The smallest absolute Gasteiger partial charge is 0.184 e. The van der Waals surface area contributed by atoms with E-state index in [-0.39, 0.29) is 12.4 Å². The molecule has 0 saturated carbocycles. The molecule has 25 heavy (non-hydrogen) atoms. The minimum atomic E-state index is -0.363. The normalized spacial score (nSPS) is 15.1. The molecular weight excluding hydrogens is 343 g/mol. The molecule has 2 aromatic heterocycles. The van der Waals surface area contributed by atoms with Gasteiger partial charge in [-0.1, -0.05) is 22.9 Å². The van der Waals surface area contributed by atoms with Gasteiger partial charge >= 0.3 is 0 Å². The van der Waals surface area contributed by atoms with Crippen molar-refractivity contribution < 1.29 is 4.39 Å². The van der Waals surface area contributed by atoms with Crippen LogP contribution in [0.25, 0.3) is 11.2 Å². The zero-order valence-corrected chi connectivity index (χ0v) is 14.7. The number of rotatable bonds is 3. The Bertz CT molecular complexity index is 899. The van der Waals surface area contributed by atoms with Crippen LogP contribution in [-0.4, -0.2) is 38.1 Å². The van der Waals surface area contributed by atoms with E-state index in [1.807, 2.05) is 6.92 Å². The average molecular weight is 361 g/mol. The van der Waals surface area contributed by atoms with E-state index in [2.05, 4.69) is 25.2 Å². The predicted octanol–water partition coefficient (Wildman–Crippen LogP) is 3.36. The maximum atomic E-state index is 14.1. The van der Waals surface area contributed by atoms with Gasteiger partial charge in [0.25, 0.3) is 0 Å². The van der Waals surface area contributed by atoms with Crippen molar-refractivity contribution in [3.63, 3.8) is 0 Å². The zero-order chi connectivity index (χ0) is 17.4. The van der Waals surface area contributed by atoms with Gasteiger partial charge in [0, 0.05) is 23.7 Å². The lowest BCUT2D eigenvalue weighted by molar-refractivity contribution is 0.573. The van der Waals surface area contributed by atoms with Crippen LogP contribution >= 0.6 is 11.6 Å². The molecule has 0 radical (unpaired) electrons. The summed E-state index contributed by atoms with van der Waals surface area (Å²) in [5.41, 5.74) is 1.64. The lowest BCUT2D eigenvalue weighted by Crippen LogP contribution is -2.30. The topological polar surface area (TPSA) is 59.7 Å². The summed E-state index contributed by atoms with van der Waals surface area (Å²) in [5, 5.41) is 8.82. The molecule has 4 rings (SSSR count). The Morgan fingerprint density at radius 1 is 1.16 bits per heavy atom. The lowest BCUT2D eigenvalue weighted by atomic mass is 10.1. The molecule has 6 nitrogen and oxygen atoms in total. The van der Waals surface area contributed by atoms with Crippen molar-refractivity contribution in [2.24, 2.45) is 0 Å². The zero-order valence-electron chi connectivity index (χ0n) is 13.9. The standard InChI is InChI=1S/C17H18ClFN6/c1-11-20-16(24-8-3-2-4-9-24)15-17(21-11)25(23-22-15)10-12-13(18)6-5-7-14(12)19/h5-7H,2-4,8-10H2,1H3. The van der Waals surface area contributed by atoms with Crippen molar-refractivity contribution in [3.05, 3.63) is 40.4 Å². The van der Waals surface area contributed by atoms with E-state index in [0.717, 1.165) is 31.7 Å². The molecular formula is C17H18ClFN6. The predicted molar refractivity (Wildman–Crippen MR) is 94.4 cm³/mol. The van der Waals surface area contributed by atoms with Crippen molar-refractivity contribution >= 4 is 28.6 Å². The van der Waals surface area contributed by atoms with Crippen molar-refractivity contribution in [3.8, 4) is 0 Å². The monoisotopic (exact) mass is 360 g/mol. The number of aromatic nitrogens is 5. The van der Waals surface area contributed by atoms with Crippen molar-refractivity contribution in [2.75, 3.05) is 18.0 Å². The third-order valence-corrected chi connectivity index (χ3v) is 4.84. The minimum absolute atomic E-state index is 0.178. The second-order valence-corrected chi connectivity index (χ2v) is 6.67. The fourth-order valence-corrected chi connectivity index (χ4v) is 3.44. The SMILES string of the molecule is Cc1nc(N2CCCCC2)c2nnn(Cc3c(F)cccc3Cl)c2n1. The minimum Gasteiger partial charge on any atom is -0.355 e. The fourth-order valence-electron chi connectivity index (χ4n) is 3.21. The van der Waals surface area contributed by atoms with Crippen molar-refractivity contribution in [2.45, 2.75) is 32.7 Å². The van der Waals surface area contributed by atoms with Crippen LogP contribution in [0.5, 0.6) is 0 Å². The summed E-state index contributed by atoms with van der Waals surface area (Å²) in [6, 6.07) is 4.64. The number of piperidine rings is 1. The maximum Gasteiger partial charge on any atom is 0.184 e. The number of hydrogen-bond donors (Lipinski definition) is 0. The summed E-state index contributed by atoms with van der Waals surface area (Å²) in [7, 11) is 0. The summed E-state index contributed by atoms with van der Waals surface area (Å²) in [6.07, 6.45) is 3.52. The fraction of sp³-hybridized carbons (Fsp3) is 0.412. The molecule has 0 atom stereocenters. The molecule has 1 aliphatic heterocycles. The molecule has 1 saturated heterocycles. The lowest BCUT2D eigenvalue weighted by Gasteiger charge is -2.27. The average Bonchev–Trinajstić information content (AvgIpc) is 3.01. The summed E-state index contributed by atoms with van der Waals surface area (Å²) in [5.74, 6) is 1.10. The molecule has 0 amide bonds. The van der Waals surface area contributed by atoms with Gasteiger partial charge in [0.15, 0.2) is 17.0 Å².